The number of benzene rings is 2. The molecule has 2 heterocycles. The molecule has 3 aromatic rings. The highest BCUT2D eigenvalue weighted by molar-refractivity contribution is 5.94. The summed E-state index contributed by atoms with van der Waals surface area (Å²) in [7, 11) is 2.09. The number of nitrogens with one attached hydrogen (secondary N) is 1. The van der Waals surface area contributed by atoms with Crippen molar-refractivity contribution >= 4 is 11.7 Å². The molecule has 1 N–H and O–H groups in total. The Labute approximate surface area is 190 Å². The summed E-state index contributed by atoms with van der Waals surface area (Å²) in [5.74, 6) is 0.846. The minimum Gasteiger partial charge on any atom is -0.362 e. The van der Waals surface area contributed by atoms with E-state index in [1.54, 1.807) is 12.4 Å². The number of anilines is 1. The van der Waals surface area contributed by atoms with Crippen LogP contribution < -0.4 is 5.32 Å². The fraction of sp³-hybridized carbons (Fsp3) is 0.346. The Morgan fingerprint density at radius 1 is 1.00 bits per heavy atom. The third-order valence-corrected chi connectivity index (χ3v) is 5.95. The second-order valence-electron chi connectivity index (χ2n) is 8.36. The summed E-state index contributed by atoms with van der Waals surface area (Å²) < 4.78 is 0. The zero-order chi connectivity index (χ0) is 22.3. The van der Waals surface area contributed by atoms with Gasteiger partial charge in [0.25, 0.3) is 5.91 Å². The molecule has 0 saturated carbocycles. The fourth-order valence-corrected chi connectivity index (χ4v) is 4.02. The number of hydrogen-bond acceptors (Lipinski definition) is 5. The van der Waals surface area contributed by atoms with Crippen LogP contribution in [0.4, 0.5) is 5.82 Å². The molecular weight excluding hydrogens is 398 g/mol. The first-order chi connectivity index (χ1) is 15.6. The molecule has 1 aromatic heterocycles. The van der Waals surface area contributed by atoms with Gasteiger partial charge in [0.15, 0.2) is 0 Å². The van der Waals surface area contributed by atoms with Crippen LogP contribution in [0.25, 0.3) is 11.3 Å². The van der Waals surface area contributed by atoms with E-state index in [0.29, 0.717) is 5.56 Å². The third kappa shape index (κ3) is 5.32. The van der Waals surface area contributed by atoms with Crippen LogP contribution in [0.2, 0.25) is 0 Å². The number of aromatic nitrogens is 2. The molecular formula is C26H31N5O. The van der Waals surface area contributed by atoms with Gasteiger partial charge in [-0.15, -0.1) is 0 Å². The second kappa shape index (κ2) is 10.4. The van der Waals surface area contributed by atoms with Crippen molar-refractivity contribution in [3.8, 4) is 11.3 Å². The predicted molar refractivity (Wildman–Crippen MR) is 129 cm³/mol. The van der Waals surface area contributed by atoms with Gasteiger partial charge < -0.3 is 15.1 Å². The van der Waals surface area contributed by atoms with Crippen LogP contribution in [-0.2, 0) is 0 Å². The van der Waals surface area contributed by atoms with Crippen LogP contribution in [0.5, 0.6) is 0 Å². The molecule has 6 heteroatoms. The van der Waals surface area contributed by atoms with E-state index in [9.17, 15) is 4.79 Å². The third-order valence-electron chi connectivity index (χ3n) is 5.95. The largest absolute Gasteiger partial charge is 0.362 e. The predicted octanol–water partition coefficient (Wildman–Crippen LogP) is 4.48. The molecule has 166 valence electrons. The molecule has 2 aromatic carbocycles. The first-order valence-corrected chi connectivity index (χ1v) is 11.4. The summed E-state index contributed by atoms with van der Waals surface area (Å²) in [4.78, 5) is 26.2. The Bertz CT molecular complexity index is 1010. The molecule has 32 heavy (non-hydrogen) atoms. The van der Waals surface area contributed by atoms with Crippen molar-refractivity contribution in [2.24, 2.45) is 0 Å². The highest BCUT2D eigenvalue weighted by atomic mass is 16.2. The zero-order valence-corrected chi connectivity index (χ0v) is 18.9. The first-order valence-electron chi connectivity index (χ1n) is 11.4. The molecule has 4 rings (SSSR count). The van der Waals surface area contributed by atoms with Gasteiger partial charge in [0.05, 0.1) is 24.1 Å². The number of amides is 1. The van der Waals surface area contributed by atoms with E-state index in [2.05, 4.69) is 53.4 Å². The van der Waals surface area contributed by atoms with Crippen LogP contribution in [0.3, 0.4) is 0 Å². The van der Waals surface area contributed by atoms with Crippen molar-refractivity contribution in [1.29, 1.82) is 0 Å². The van der Waals surface area contributed by atoms with E-state index in [-0.39, 0.29) is 11.9 Å². The van der Waals surface area contributed by atoms with Gasteiger partial charge >= 0.3 is 0 Å². The van der Waals surface area contributed by atoms with Gasteiger partial charge in [-0.2, -0.15) is 0 Å². The Kier molecular flexibility index (Phi) is 7.12. The van der Waals surface area contributed by atoms with E-state index in [0.717, 1.165) is 56.1 Å². The lowest BCUT2D eigenvalue weighted by Gasteiger charge is -2.32. The van der Waals surface area contributed by atoms with Gasteiger partial charge in [-0.05, 0) is 31.2 Å². The molecule has 0 radical (unpaired) electrons. The average Bonchev–Trinajstić information content (AvgIpc) is 2.85. The summed E-state index contributed by atoms with van der Waals surface area (Å²) >= 11 is 0. The highest BCUT2D eigenvalue weighted by Gasteiger charge is 2.20. The van der Waals surface area contributed by atoms with E-state index < -0.39 is 0 Å². The summed E-state index contributed by atoms with van der Waals surface area (Å²) in [6.45, 7) is 5.57. The van der Waals surface area contributed by atoms with Gasteiger partial charge in [0.1, 0.15) is 5.82 Å². The van der Waals surface area contributed by atoms with Gasteiger partial charge in [-0.1, -0.05) is 55.8 Å². The van der Waals surface area contributed by atoms with Gasteiger partial charge in [0.2, 0.25) is 0 Å². The molecule has 1 aliphatic rings. The van der Waals surface area contributed by atoms with Crippen LogP contribution in [-0.4, -0.2) is 58.9 Å². The molecule has 1 saturated heterocycles. The molecule has 1 amide bonds. The van der Waals surface area contributed by atoms with E-state index in [1.165, 1.54) is 5.56 Å². The molecule has 6 nitrogen and oxygen atoms in total. The smallest absolute Gasteiger partial charge is 0.253 e. The number of likely N-dealkylation sites (N-methyl/N-ethyl adjacent to an activating group) is 1. The van der Waals surface area contributed by atoms with Crippen LogP contribution in [0, 0.1) is 0 Å². The van der Waals surface area contributed by atoms with Crippen molar-refractivity contribution < 1.29 is 4.79 Å². The minimum absolute atomic E-state index is 0.0939. The standard InChI is InChI=1S/C26H31N5O/c1-3-7-23(20-8-5-4-6-9-20)28-25-19-27-18-24(29-25)21-10-12-22(13-11-21)26(32)31-16-14-30(2)15-17-31/h4-6,8-13,18-19,23H,3,7,14-17H2,1-2H3,(H,28,29). The topological polar surface area (TPSA) is 61.4 Å². The van der Waals surface area contributed by atoms with Crippen molar-refractivity contribution in [2.75, 3.05) is 38.5 Å². The molecule has 0 spiro atoms. The summed E-state index contributed by atoms with van der Waals surface area (Å²) in [5.41, 5.74) is 3.70. The van der Waals surface area contributed by atoms with E-state index >= 15 is 0 Å². The van der Waals surface area contributed by atoms with Crippen LogP contribution in [0.15, 0.2) is 67.0 Å². The first kappa shape index (κ1) is 22.0. The summed E-state index contributed by atoms with van der Waals surface area (Å²) in [6.07, 6.45) is 5.61. The van der Waals surface area contributed by atoms with Crippen LogP contribution in [0.1, 0.15) is 41.7 Å². The SMILES string of the molecule is CCCC(Nc1cncc(-c2ccc(C(=O)N3CCN(C)CC3)cc2)n1)c1ccccc1. The number of carbonyl (C=O) groups excluding carboxylic acids is 1. The molecule has 1 unspecified atom stereocenters. The second-order valence-corrected chi connectivity index (χ2v) is 8.36. The van der Waals surface area contributed by atoms with Crippen molar-refractivity contribution in [2.45, 2.75) is 25.8 Å². The molecule has 1 aliphatic heterocycles. The normalized spacial score (nSPS) is 15.4. The lowest BCUT2D eigenvalue weighted by Crippen LogP contribution is -2.47. The Hall–Kier alpha value is -3.25. The van der Waals surface area contributed by atoms with Gasteiger partial charge in [-0.25, -0.2) is 4.98 Å². The minimum atomic E-state index is 0.0939. The molecule has 1 atom stereocenters. The monoisotopic (exact) mass is 429 g/mol. The maximum absolute atomic E-state index is 12.8. The average molecular weight is 430 g/mol. The van der Waals surface area contributed by atoms with Crippen LogP contribution >= 0.6 is 0 Å². The number of rotatable bonds is 7. The van der Waals surface area contributed by atoms with Gasteiger partial charge in [-0.3, -0.25) is 9.78 Å². The fourth-order valence-electron chi connectivity index (χ4n) is 4.02. The maximum Gasteiger partial charge on any atom is 0.253 e. The Morgan fingerprint density at radius 3 is 2.41 bits per heavy atom. The zero-order valence-electron chi connectivity index (χ0n) is 18.9. The van der Waals surface area contributed by atoms with E-state index in [1.807, 2.05) is 35.2 Å². The molecule has 0 bridgehead atoms. The lowest BCUT2D eigenvalue weighted by molar-refractivity contribution is 0.0664. The van der Waals surface area contributed by atoms with Crippen molar-refractivity contribution in [3.05, 3.63) is 78.1 Å². The number of carbonyl (C=O) groups is 1. The maximum atomic E-state index is 12.8. The Morgan fingerprint density at radius 2 is 1.72 bits per heavy atom. The van der Waals surface area contributed by atoms with Crippen molar-refractivity contribution in [1.82, 2.24) is 19.8 Å². The Balaban J connectivity index is 1.47. The number of nitrogens with zero attached hydrogens (tertiary/aromatic N) is 4. The van der Waals surface area contributed by atoms with Crippen molar-refractivity contribution in [3.63, 3.8) is 0 Å². The van der Waals surface area contributed by atoms with Gasteiger partial charge in [0, 0.05) is 37.3 Å². The number of piperazine rings is 1. The highest BCUT2D eigenvalue weighted by Crippen LogP contribution is 2.25. The summed E-state index contributed by atoms with van der Waals surface area (Å²) in [6, 6.07) is 18.3. The number of hydrogen-bond donors (Lipinski definition) is 1. The van der Waals surface area contributed by atoms with E-state index in [4.69, 9.17) is 4.98 Å². The quantitative estimate of drug-likeness (QED) is 0.600. The molecule has 1 fully saturated rings. The summed E-state index contributed by atoms with van der Waals surface area (Å²) in [5, 5.41) is 3.54. The molecule has 0 aliphatic carbocycles. The lowest BCUT2D eigenvalue weighted by atomic mass is 10.0.